The second kappa shape index (κ2) is 10.5. The lowest BCUT2D eigenvalue weighted by Crippen LogP contribution is -2.25. The molecule has 0 aromatic carbocycles. The first kappa shape index (κ1) is 15.0. The fraction of sp³-hybridized carbons (Fsp3) is 1.00. The van der Waals surface area contributed by atoms with E-state index in [4.69, 9.17) is 4.89 Å². The molecule has 0 aliphatic heterocycles. The van der Waals surface area contributed by atoms with E-state index in [9.17, 15) is 4.57 Å². The van der Waals surface area contributed by atoms with Crippen LogP contribution < -0.4 is 5.32 Å². The van der Waals surface area contributed by atoms with Gasteiger partial charge in [-0.1, -0.05) is 33.1 Å². The van der Waals surface area contributed by atoms with E-state index in [0.29, 0.717) is 19.1 Å². The molecule has 0 radical (unpaired) electrons. The Morgan fingerprint density at radius 2 is 2.20 bits per heavy atom. The van der Waals surface area contributed by atoms with Crippen LogP contribution in [0.4, 0.5) is 0 Å². The van der Waals surface area contributed by atoms with Crippen molar-refractivity contribution in [3.8, 4) is 0 Å². The summed E-state index contributed by atoms with van der Waals surface area (Å²) in [4.78, 5) is 8.38. The van der Waals surface area contributed by atoms with E-state index in [0.717, 1.165) is 6.54 Å². The van der Waals surface area contributed by atoms with E-state index in [1.54, 1.807) is 0 Å². The summed E-state index contributed by atoms with van der Waals surface area (Å²) < 4.78 is 14.7. The van der Waals surface area contributed by atoms with Gasteiger partial charge in [-0.2, -0.15) is 0 Å². The van der Waals surface area contributed by atoms with Crippen molar-refractivity contribution in [1.82, 2.24) is 5.32 Å². The maximum absolute atomic E-state index is 10.2. The molecule has 2 unspecified atom stereocenters. The Bertz CT molecular complexity index is 167. The van der Waals surface area contributed by atoms with Crippen LogP contribution in [0.15, 0.2) is 0 Å². The molecule has 0 heterocycles. The molecule has 2 N–H and O–H groups in total. The van der Waals surface area contributed by atoms with Crippen LogP contribution in [0.2, 0.25) is 0 Å². The smallest absolute Gasteiger partial charge is 0.314 e. The summed E-state index contributed by atoms with van der Waals surface area (Å²) in [5.74, 6) is 0.716. The van der Waals surface area contributed by atoms with Gasteiger partial charge in [-0.25, -0.2) is 0 Å². The van der Waals surface area contributed by atoms with Crippen LogP contribution in [-0.4, -0.2) is 24.6 Å². The van der Waals surface area contributed by atoms with Crippen LogP contribution in [0.1, 0.15) is 39.5 Å². The van der Waals surface area contributed by atoms with Crippen LogP contribution in [0.3, 0.4) is 0 Å². The largest absolute Gasteiger partial charge is 0.694 e. The highest BCUT2D eigenvalue weighted by atomic mass is 31.1. The SMILES string of the molecule is CCCCC(CC)CNCCO[P+](=O)O. The second-order valence-corrected chi connectivity index (χ2v) is 4.43. The van der Waals surface area contributed by atoms with E-state index in [1.807, 2.05) is 0 Å². The van der Waals surface area contributed by atoms with Gasteiger partial charge in [-0.15, -0.1) is 9.42 Å². The summed E-state index contributed by atoms with van der Waals surface area (Å²) in [5.41, 5.74) is 0. The Morgan fingerprint density at radius 1 is 1.47 bits per heavy atom. The number of hydrogen-bond donors (Lipinski definition) is 2. The van der Waals surface area contributed by atoms with Crippen molar-refractivity contribution in [2.75, 3.05) is 19.7 Å². The highest BCUT2D eigenvalue weighted by molar-refractivity contribution is 7.32. The summed E-state index contributed by atoms with van der Waals surface area (Å²) in [6.45, 7) is 6.32. The number of nitrogens with one attached hydrogen (secondary N) is 1. The minimum Gasteiger partial charge on any atom is -0.314 e. The molecule has 90 valence electrons. The van der Waals surface area contributed by atoms with E-state index in [2.05, 4.69) is 23.7 Å². The summed E-state index contributed by atoms with van der Waals surface area (Å²) in [7, 11) is -2.44. The van der Waals surface area contributed by atoms with E-state index < -0.39 is 8.25 Å². The molecule has 0 aliphatic rings. The van der Waals surface area contributed by atoms with Crippen molar-refractivity contribution in [3.05, 3.63) is 0 Å². The monoisotopic (exact) mass is 236 g/mol. The number of unbranched alkanes of at least 4 members (excludes halogenated alkanes) is 1. The van der Waals surface area contributed by atoms with Crippen molar-refractivity contribution in [2.24, 2.45) is 5.92 Å². The maximum Gasteiger partial charge on any atom is 0.694 e. The van der Waals surface area contributed by atoms with Crippen LogP contribution >= 0.6 is 8.25 Å². The van der Waals surface area contributed by atoms with Crippen LogP contribution in [-0.2, 0) is 9.09 Å². The molecule has 15 heavy (non-hydrogen) atoms. The van der Waals surface area contributed by atoms with E-state index in [1.165, 1.54) is 25.7 Å². The molecule has 0 aromatic heterocycles. The van der Waals surface area contributed by atoms with Crippen molar-refractivity contribution in [3.63, 3.8) is 0 Å². The first-order valence-electron chi connectivity index (χ1n) is 5.70. The fourth-order valence-corrected chi connectivity index (χ4v) is 1.69. The van der Waals surface area contributed by atoms with Gasteiger partial charge in [0.05, 0.1) is 0 Å². The molecule has 0 aromatic rings. The summed E-state index contributed by atoms with van der Waals surface area (Å²) in [6.07, 6.45) is 4.96. The van der Waals surface area contributed by atoms with Crippen LogP contribution in [0, 0.1) is 5.92 Å². The molecule has 0 amide bonds. The van der Waals surface area contributed by atoms with Gasteiger partial charge in [0.25, 0.3) is 0 Å². The Morgan fingerprint density at radius 3 is 2.73 bits per heavy atom. The molecule has 0 aliphatic carbocycles. The lowest BCUT2D eigenvalue weighted by atomic mass is 9.99. The molecule has 0 bridgehead atoms. The molecule has 4 nitrogen and oxygen atoms in total. The zero-order valence-corrected chi connectivity index (χ0v) is 10.6. The Hall–Kier alpha value is -0.0200. The topological polar surface area (TPSA) is 58.6 Å². The zero-order valence-electron chi connectivity index (χ0n) is 9.74. The third kappa shape index (κ3) is 10.3. The van der Waals surface area contributed by atoms with Gasteiger partial charge < -0.3 is 5.32 Å². The second-order valence-electron chi connectivity index (χ2n) is 3.69. The van der Waals surface area contributed by atoms with E-state index >= 15 is 0 Å². The molecule has 0 spiro atoms. The average molecular weight is 236 g/mol. The van der Waals surface area contributed by atoms with Crippen molar-refractivity contribution in [2.45, 2.75) is 39.5 Å². The Balaban J connectivity index is 3.33. The molecular weight excluding hydrogens is 213 g/mol. The normalized spacial score (nSPS) is 13.9. The average Bonchev–Trinajstić information content (AvgIpc) is 2.21. The minimum absolute atomic E-state index is 0.302. The molecule has 0 saturated heterocycles. The summed E-state index contributed by atoms with van der Waals surface area (Å²) in [6, 6.07) is 0. The van der Waals surface area contributed by atoms with Gasteiger partial charge in [0.2, 0.25) is 0 Å². The van der Waals surface area contributed by atoms with Crippen molar-refractivity contribution >= 4 is 8.25 Å². The number of rotatable bonds is 10. The van der Waals surface area contributed by atoms with Gasteiger partial charge in [0.1, 0.15) is 6.61 Å². The number of hydrogen-bond acceptors (Lipinski definition) is 3. The zero-order chi connectivity index (χ0) is 11.5. The summed E-state index contributed by atoms with van der Waals surface area (Å²) in [5, 5.41) is 3.24. The predicted molar refractivity (Wildman–Crippen MR) is 62.0 cm³/mol. The highest BCUT2D eigenvalue weighted by Crippen LogP contribution is 2.13. The molecule has 5 heteroatoms. The first-order valence-corrected chi connectivity index (χ1v) is 6.83. The van der Waals surface area contributed by atoms with Gasteiger partial charge in [-0.3, -0.25) is 0 Å². The van der Waals surface area contributed by atoms with Crippen LogP contribution in [0.25, 0.3) is 0 Å². The molecule has 0 saturated carbocycles. The Kier molecular flexibility index (Phi) is 10.5. The molecular formula is C10H23NO3P+. The van der Waals surface area contributed by atoms with Gasteiger partial charge in [-0.05, 0) is 18.9 Å². The standard InChI is InChI=1S/C10H22NO3P/c1-3-5-6-10(4-2)9-11-7-8-14-15(12)13/h10-11H,3-9H2,1-2H3/p+1. The molecule has 0 rings (SSSR count). The Labute approximate surface area is 93.4 Å². The summed E-state index contributed by atoms with van der Waals surface area (Å²) >= 11 is 0. The predicted octanol–water partition coefficient (Wildman–Crippen LogP) is 2.46. The lowest BCUT2D eigenvalue weighted by molar-refractivity contribution is 0.276. The third-order valence-electron chi connectivity index (χ3n) is 2.46. The lowest BCUT2D eigenvalue weighted by Gasteiger charge is -2.14. The minimum atomic E-state index is -2.44. The van der Waals surface area contributed by atoms with E-state index in [-0.39, 0.29) is 0 Å². The van der Waals surface area contributed by atoms with Crippen molar-refractivity contribution < 1.29 is 14.0 Å². The fourth-order valence-electron chi connectivity index (χ4n) is 1.45. The first-order chi connectivity index (χ1) is 7.20. The van der Waals surface area contributed by atoms with Crippen LogP contribution in [0.5, 0.6) is 0 Å². The highest BCUT2D eigenvalue weighted by Gasteiger charge is 2.10. The third-order valence-corrected chi connectivity index (χ3v) is 2.86. The maximum atomic E-state index is 10.2. The van der Waals surface area contributed by atoms with Gasteiger partial charge in [0.15, 0.2) is 0 Å². The van der Waals surface area contributed by atoms with Gasteiger partial charge in [0, 0.05) is 11.1 Å². The quantitative estimate of drug-likeness (QED) is 0.452. The molecule has 2 atom stereocenters. The van der Waals surface area contributed by atoms with Crippen molar-refractivity contribution in [1.29, 1.82) is 0 Å². The van der Waals surface area contributed by atoms with Gasteiger partial charge >= 0.3 is 8.25 Å². The molecule has 0 fully saturated rings.